The van der Waals surface area contributed by atoms with Crippen LogP contribution < -0.4 is 4.74 Å². The van der Waals surface area contributed by atoms with Crippen LogP contribution in [0.25, 0.3) is 0 Å². The highest BCUT2D eigenvalue weighted by Crippen LogP contribution is 2.30. The summed E-state index contributed by atoms with van der Waals surface area (Å²) < 4.78 is 39.9. The molecule has 1 aromatic rings. The molecule has 15 heavy (non-hydrogen) atoms. The fourth-order valence-electron chi connectivity index (χ4n) is 1.02. The molecule has 4 nitrogen and oxygen atoms in total. The minimum Gasteiger partial charge on any atom is -0.495 e. The standard InChI is InChI=1S/C8H5ClFNO3S/c1-14-7-3-5(4-11)2-6(10)8(7)15(9,12)13/h2-3H,1H3. The third kappa shape index (κ3) is 2.37. The van der Waals surface area contributed by atoms with E-state index < -0.39 is 19.8 Å². The van der Waals surface area contributed by atoms with Crippen molar-refractivity contribution >= 4 is 19.7 Å². The number of ether oxygens (including phenoxy) is 1. The van der Waals surface area contributed by atoms with E-state index in [2.05, 4.69) is 4.74 Å². The van der Waals surface area contributed by atoms with E-state index in [0.29, 0.717) is 0 Å². The van der Waals surface area contributed by atoms with E-state index in [1.165, 1.54) is 0 Å². The van der Waals surface area contributed by atoms with Gasteiger partial charge in [-0.25, -0.2) is 12.8 Å². The Bertz CT molecular complexity index is 536. The van der Waals surface area contributed by atoms with Gasteiger partial charge >= 0.3 is 0 Å². The van der Waals surface area contributed by atoms with E-state index in [4.69, 9.17) is 15.9 Å². The molecule has 0 saturated carbocycles. The van der Waals surface area contributed by atoms with Crippen LogP contribution >= 0.6 is 10.7 Å². The molecule has 0 bridgehead atoms. The maximum absolute atomic E-state index is 13.3. The van der Waals surface area contributed by atoms with Crippen LogP contribution in [-0.2, 0) is 9.05 Å². The van der Waals surface area contributed by atoms with E-state index in [-0.39, 0.29) is 11.3 Å². The molecule has 0 fully saturated rings. The second-order valence-corrected chi connectivity index (χ2v) is 5.04. The van der Waals surface area contributed by atoms with Gasteiger partial charge in [0.2, 0.25) is 0 Å². The van der Waals surface area contributed by atoms with Crippen LogP contribution in [0.1, 0.15) is 5.56 Å². The fraction of sp³-hybridized carbons (Fsp3) is 0.125. The van der Waals surface area contributed by atoms with Crippen LogP contribution in [0, 0.1) is 17.1 Å². The van der Waals surface area contributed by atoms with E-state index in [1.54, 1.807) is 6.07 Å². The second-order valence-electron chi connectivity index (χ2n) is 2.54. The van der Waals surface area contributed by atoms with Crippen LogP contribution in [0.4, 0.5) is 4.39 Å². The van der Waals surface area contributed by atoms with Crippen molar-refractivity contribution in [3.63, 3.8) is 0 Å². The van der Waals surface area contributed by atoms with Gasteiger partial charge in [0.05, 0.1) is 18.7 Å². The van der Waals surface area contributed by atoms with E-state index in [0.717, 1.165) is 19.2 Å². The minimum atomic E-state index is -4.24. The molecule has 0 N–H and O–H groups in total. The van der Waals surface area contributed by atoms with Gasteiger partial charge in [-0.2, -0.15) is 5.26 Å². The lowest BCUT2D eigenvalue weighted by molar-refractivity contribution is 0.395. The lowest BCUT2D eigenvalue weighted by Crippen LogP contribution is -2.00. The van der Waals surface area contributed by atoms with Crippen molar-refractivity contribution in [3.8, 4) is 11.8 Å². The molecule has 0 aliphatic rings. The molecule has 7 heteroatoms. The molecule has 0 radical (unpaired) electrons. The summed E-state index contributed by atoms with van der Waals surface area (Å²) in [5, 5.41) is 8.52. The highest BCUT2D eigenvalue weighted by atomic mass is 35.7. The Morgan fingerprint density at radius 2 is 2.13 bits per heavy atom. The second kappa shape index (κ2) is 4.04. The average molecular weight is 250 g/mol. The quantitative estimate of drug-likeness (QED) is 0.747. The summed E-state index contributed by atoms with van der Waals surface area (Å²) in [7, 11) is 1.93. The van der Waals surface area contributed by atoms with Crippen LogP contribution in [0.5, 0.6) is 5.75 Å². The van der Waals surface area contributed by atoms with Crippen LogP contribution in [-0.4, -0.2) is 15.5 Å². The van der Waals surface area contributed by atoms with E-state index >= 15 is 0 Å². The topological polar surface area (TPSA) is 67.2 Å². The van der Waals surface area contributed by atoms with Crippen LogP contribution in [0.2, 0.25) is 0 Å². The number of methoxy groups -OCH3 is 1. The maximum Gasteiger partial charge on any atom is 0.267 e. The number of nitriles is 1. The van der Waals surface area contributed by atoms with Gasteiger partial charge in [-0.05, 0) is 12.1 Å². The normalized spacial score (nSPS) is 10.8. The average Bonchev–Trinajstić information content (AvgIpc) is 2.14. The molecule has 1 rings (SSSR count). The van der Waals surface area contributed by atoms with Gasteiger partial charge in [0.1, 0.15) is 11.6 Å². The predicted molar refractivity (Wildman–Crippen MR) is 50.7 cm³/mol. The number of hydrogen-bond donors (Lipinski definition) is 0. The van der Waals surface area contributed by atoms with Crippen molar-refractivity contribution in [2.45, 2.75) is 4.90 Å². The van der Waals surface area contributed by atoms with Crippen molar-refractivity contribution in [1.29, 1.82) is 5.26 Å². The monoisotopic (exact) mass is 249 g/mol. The first-order valence-electron chi connectivity index (χ1n) is 3.62. The van der Waals surface area contributed by atoms with Gasteiger partial charge in [-0.15, -0.1) is 0 Å². The van der Waals surface area contributed by atoms with Crippen molar-refractivity contribution in [1.82, 2.24) is 0 Å². The van der Waals surface area contributed by atoms with E-state index in [9.17, 15) is 12.8 Å². The van der Waals surface area contributed by atoms with E-state index in [1.807, 2.05) is 0 Å². The first kappa shape index (κ1) is 11.8. The van der Waals surface area contributed by atoms with Crippen molar-refractivity contribution < 1.29 is 17.5 Å². The Kier molecular flexibility index (Phi) is 3.17. The summed E-state index contributed by atoms with van der Waals surface area (Å²) in [6.45, 7) is 0. The summed E-state index contributed by atoms with van der Waals surface area (Å²) in [4.78, 5) is -0.759. The first-order valence-corrected chi connectivity index (χ1v) is 5.93. The Hall–Kier alpha value is -1.32. The van der Waals surface area contributed by atoms with Gasteiger partial charge in [-0.3, -0.25) is 0 Å². The van der Waals surface area contributed by atoms with Gasteiger partial charge in [0, 0.05) is 10.7 Å². The number of hydrogen-bond acceptors (Lipinski definition) is 4. The molecule has 0 aliphatic carbocycles. The van der Waals surface area contributed by atoms with Crippen molar-refractivity contribution in [2.75, 3.05) is 7.11 Å². The smallest absolute Gasteiger partial charge is 0.267 e. The Labute approximate surface area is 90.3 Å². The van der Waals surface area contributed by atoms with Gasteiger partial charge < -0.3 is 4.74 Å². The molecule has 0 unspecified atom stereocenters. The summed E-state index contributed by atoms with van der Waals surface area (Å²) in [5.74, 6) is -1.40. The number of rotatable bonds is 2. The van der Waals surface area contributed by atoms with Crippen LogP contribution in [0.15, 0.2) is 17.0 Å². The van der Waals surface area contributed by atoms with Crippen LogP contribution in [0.3, 0.4) is 0 Å². The number of halogens is 2. The molecule has 0 heterocycles. The van der Waals surface area contributed by atoms with Crippen molar-refractivity contribution in [3.05, 3.63) is 23.5 Å². The molecule has 0 amide bonds. The van der Waals surface area contributed by atoms with Crippen molar-refractivity contribution in [2.24, 2.45) is 0 Å². The largest absolute Gasteiger partial charge is 0.495 e. The summed E-state index contributed by atoms with van der Waals surface area (Å²) in [5.41, 5.74) is -0.0478. The number of benzene rings is 1. The van der Waals surface area contributed by atoms with Gasteiger partial charge in [0.25, 0.3) is 9.05 Å². The fourth-order valence-corrected chi connectivity index (χ4v) is 2.14. The highest BCUT2D eigenvalue weighted by molar-refractivity contribution is 8.13. The Morgan fingerprint density at radius 1 is 1.53 bits per heavy atom. The minimum absolute atomic E-state index is 0.0478. The molecule has 0 aromatic heterocycles. The molecule has 80 valence electrons. The highest BCUT2D eigenvalue weighted by Gasteiger charge is 2.23. The lowest BCUT2D eigenvalue weighted by atomic mass is 10.2. The zero-order valence-corrected chi connectivity index (χ0v) is 9.06. The first-order chi connectivity index (χ1) is 6.90. The Balaban J connectivity index is 3.61. The van der Waals surface area contributed by atoms with Gasteiger partial charge in [-0.1, -0.05) is 0 Å². The molecular formula is C8H5ClFNO3S. The molecule has 1 aromatic carbocycles. The number of nitrogens with zero attached hydrogens (tertiary/aromatic N) is 1. The predicted octanol–water partition coefficient (Wildman–Crippen LogP) is 1.63. The SMILES string of the molecule is COc1cc(C#N)cc(F)c1S(=O)(=O)Cl. The molecular weight excluding hydrogens is 245 g/mol. The molecule has 0 atom stereocenters. The third-order valence-corrected chi connectivity index (χ3v) is 2.95. The van der Waals surface area contributed by atoms with Gasteiger partial charge in [0.15, 0.2) is 4.90 Å². The molecule has 0 spiro atoms. The Morgan fingerprint density at radius 3 is 2.53 bits per heavy atom. The molecule has 0 saturated heterocycles. The molecule has 0 aliphatic heterocycles. The third-order valence-electron chi connectivity index (χ3n) is 1.60. The summed E-state index contributed by atoms with van der Waals surface area (Å²) >= 11 is 0. The zero-order chi connectivity index (χ0) is 11.6. The summed E-state index contributed by atoms with van der Waals surface area (Å²) in [6.07, 6.45) is 0. The lowest BCUT2D eigenvalue weighted by Gasteiger charge is -2.06. The maximum atomic E-state index is 13.3. The summed E-state index contributed by atoms with van der Waals surface area (Å²) in [6, 6.07) is 3.53. The zero-order valence-electron chi connectivity index (χ0n) is 7.49.